The van der Waals surface area contributed by atoms with Crippen molar-refractivity contribution in [1.29, 1.82) is 0 Å². The highest BCUT2D eigenvalue weighted by Gasteiger charge is 2.17. The molecule has 1 aliphatic heterocycles. The van der Waals surface area contributed by atoms with Crippen molar-refractivity contribution >= 4 is 5.82 Å². The van der Waals surface area contributed by atoms with E-state index in [2.05, 4.69) is 27.1 Å². The number of hydrogen-bond donors (Lipinski definition) is 1. The summed E-state index contributed by atoms with van der Waals surface area (Å²) in [4.78, 5) is 10.8. The van der Waals surface area contributed by atoms with Gasteiger partial charge in [0, 0.05) is 19.6 Å². The Balaban J connectivity index is 1.93. The van der Waals surface area contributed by atoms with Gasteiger partial charge in [0.05, 0.1) is 19.0 Å². The number of likely N-dealkylation sites (N-methyl/N-ethyl adjacent to an activating group) is 1. The van der Waals surface area contributed by atoms with E-state index in [1.807, 2.05) is 7.05 Å². The van der Waals surface area contributed by atoms with Crippen LogP contribution in [0.1, 0.15) is 26.2 Å². The molecule has 1 fully saturated rings. The highest BCUT2D eigenvalue weighted by molar-refractivity contribution is 5.36. The summed E-state index contributed by atoms with van der Waals surface area (Å²) < 4.78 is 5.50. The van der Waals surface area contributed by atoms with Crippen LogP contribution in [0.3, 0.4) is 0 Å². The molecule has 1 saturated heterocycles. The van der Waals surface area contributed by atoms with E-state index in [9.17, 15) is 0 Å². The Labute approximate surface area is 109 Å². The van der Waals surface area contributed by atoms with Gasteiger partial charge in [-0.3, -0.25) is 4.98 Å². The minimum Gasteiger partial charge on any atom is -0.477 e. The second-order valence-electron chi connectivity index (χ2n) is 4.74. The molecule has 1 unspecified atom stereocenters. The molecule has 1 aromatic heterocycles. The van der Waals surface area contributed by atoms with Crippen molar-refractivity contribution in [1.82, 2.24) is 15.3 Å². The van der Waals surface area contributed by atoms with E-state index in [4.69, 9.17) is 4.74 Å². The van der Waals surface area contributed by atoms with E-state index in [0.717, 1.165) is 25.3 Å². The lowest BCUT2D eigenvalue weighted by molar-refractivity contribution is 0.304. The van der Waals surface area contributed by atoms with Crippen molar-refractivity contribution in [3.8, 4) is 5.88 Å². The minimum absolute atomic E-state index is 0.567. The molecule has 0 aliphatic carbocycles. The Kier molecular flexibility index (Phi) is 4.75. The molecule has 100 valence electrons. The predicted octanol–water partition coefficient (Wildman–Crippen LogP) is 1.45. The van der Waals surface area contributed by atoms with Crippen LogP contribution in [0.15, 0.2) is 12.4 Å². The first kappa shape index (κ1) is 13.1. The molecule has 0 amide bonds. The molecule has 2 rings (SSSR count). The molecular weight excluding hydrogens is 228 g/mol. The molecule has 2 heterocycles. The fraction of sp³-hybridized carbons (Fsp3) is 0.692. The van der Waals surface area contributed by atoms with Crippen molar-refractivity contribution in [3.05, 3.63) is 12.4 Å². The van der Waals surface area contributed by atoms with Crippen molar-refractivity contribution in [3.63, 3.8) is 0 Å². The Morgan fingerprint density at radius 3 is 3.11 bits per heavy atom. The van der Waals surface area contributed by atoms with Crippen LogP contribution >= 0.6 is 0 Å². The predicted molar refractivity (Wildman–Crippen MR) is 72.1 cm³/mol. The maximum atomic E-state index is 5.50. The molecule has 0 spiro atoms. The molecule has 1 atom stereocenters. The number of hydrogen-bond acceptors (Lipinski definition) is 5. The number of rotatable bonds is 6. The average molecular weight is 250 g/mol. The van der Waals surface area contributed by atoms with Gasteiger partial charge < -0.3 is 15.0 Å². The standard InChI is InChI=1S/C13H22N4O/c1-3-7-18-13-9-14-8-12(16-13)17(2)10-11-5-4-6-15-11/h8-9,11,15H,3-7,10H2,1-2H3. The third-order valence-corrected chi connectivity index (χ3v) is 3.10. The van der Waals surface area contributed by atoms with E-state index in [1.165, 1.54) is 12.8 Å². The maximum Gasteiger partial charge on any atom is 0.234 e. The Bertz CT molecular complexity index is 366. The summed E-state index contributed by atoms with van der Waals surface area (Å²) in [5, 5.41) is 3.49. The van der Waals surface area contributed by atoms with Gasteiger partial charge in [0.15, 0.2) is 5.82 Å². The van der Waals surface area contributed by atoms with E-state index >= 15 is 0 Å². The van der Waals surface area contributed by atoms with Crippen LogP contribution in [-0.2, 0) is 0 Å². The quantitative estimate of drug-likeness (QED) is 0.828. The van der Waals surface area contributed by atoms with Crippen molar-refractivity contribution in [2.75, 3.05) is 31.6 Å². The molecular formula is C13H22N4O. The lowest BCUT2D eigenvalue weighted by Crippen LogP contribution is -2.35. The zero-order valence-electron chi connectivity index (χ0n) is 11.2. The number of ether oxygens (including phenoxy) is 1. The Morgan fingerprint density at radius 2 is 2.39 bits per heavy atom. The van der Waals surface area contributed by atoms with Crippen molar-refractivity contribution < 1.29 is 4.74 Å². The van der Waals surface area contributed by atoms with Crippen LogP contribution < -0.4 is 15.0 Å². The number of nitrogens with one attached hydrogen (secondary N) is 1. The van der Waals surface area contributed by atoms with Gasteiger partial charge in [-0.1, -0.05) is 6.92 Å². The summed E-state index contributed by atoms with van der Waals surface area (Å²) in [6.45, 7) is 4.86. The second-order valence-corrected chi connectivity index (χ2v) is 4.74. The largest absolute Gasteiger partial charge is 0.477 e. The van der Waals surface area contributed by atoms with E-state index in [1.54, 1.807) is 12.4 Å². The van der Waals surface area contributed by atoms with Gasteiger partial charge in [0.25, 0.3) is 0 Å². The summed E-state index contributed by atoms with van der Waals surface area (Å²) >= 11 is 0. The summed E-state index contributed by atoms with van der Waals surface area (Å²) in [6.07, 6.45) is 6.94. The van der Waals surface area contributed by atoms with Crippen LogP contribution in [0.4, 0.5) is 5.82 Å². The third-order valence-electron chi connectivity index (χ3n) is 3.10. The highest BCUT2D eigenvalue weighted by Crippen LogP contribution is 2.15. The van der Waals surface area contributed by atoms with E-state index < -0.39 is 0 Å². The lowest BCUT2D eigenvalue weighted by atomic mass is 10.2. The second kappa shape index (κ2) is 6.54. The van der Waals surface area contributed by atoms with Gasteiger partial charge >= 0.3 is 0 Å². The topological polar surface area (TPSA) is 50.3 Å². The fourth-order valence-electron chi connectivity index (χ4n) is 2.14. The summed E-state index contributed by atoms with van der Waals surface area (Å²) in [5.74, 6) is 1.48. The third kappa shape index (κ3) is 3.57. The van der Waals surface area contributed by atoms with E-state index in [-0.39, 0.29) is 0 Å². The zero-order chi connectivity index (χ0) is 12.8. The minimum atomic E-state index is 0.567. The van der Waals surface area contributed by atoms with Crippen LogP contribution in [0, 0.1) is 0 Å². The first-order valence-corrected chi connectivity index (χ1v) is 6.69. The summed E-state index contributed by atoms with van der Waals surface area (Å²) in [7, 11) is 2.05. The van der Waals surface area contributed by atoms with Crippen LogP contribution in [-0.4, -0.2) is 42.8 Å². The first-order valence-electron chi connectivity index (χ1n) is 6.69. The van der Waals surface area contributed by atoms with Gasteiger partial charge in [0.2, 0.25) is 5.88 Å². The van der Waals surface area contributed by atoms with Gasteiger partial charge in [-0.05, 0) is 25.8 Å². The molecule has 18 heavy (non-hydrogen) atoms. The molecule has 0 saturated carbocycles. The molecule has 1 N–H and O–H groups in total. The zero-order valence-corrected chi connectivity index (χ0v) is 11.2. The van der Waals surface area contributed by atoms with Gasteiger partial charge in [-0.15, -0.1) is 0 Å². The molecule has 1 aromatic rings. The fourth-order valence-corrected chi connectivity index (χ4v) is 2.14. The number of anilines is 1. The Morgan fingerprint density at radius 1 is 1.50 bits per heavy atom. The van der Waals surface area contributed by atoms with E-state index in [0.29, 0.717) is 18.5 Å². The van der Waals surface area contributed by atoms with Crippen LogP contribution in [0.5, 0.6) is 5.88 Å². The van der Waals surface area contributed by atoms with Crippen molar-refractivity contribution in [2.24, 2.45) is 0 Å². The smallest absolute Gasteiger partial charge is 0.234 e. The van der Waals surface area contributed by atoms with Crippen molar-refractivity contribution in [2.45, 2.75) is 32.2 Å². The molecule has 5 heteroatoms. The van der Waals surface area contributed by atoms with Gasteiger partial charge in [-0.2, -0.15) is 4.98 Å². The number of nitrogens with zero attached hydrogens (tertiary/aromatic N) is 3. The average Bonchev–Trinajstić information content (AvgIpc) is 2.89. The normalized spacial score (nSPS) is 18.9. The van der Waals surface area contributed by atoms with Gasteiger partial charge in [-0.25, -0.2) is 0 Å². The summed E-state index contributed by atoms with van der Waals surface area (Å²) in [6, 6.07) is 0.567. The van der Waals surface area contributed by atoms with Crippen LogP contribution in [0.2, 0.25) is 0 Å². The van der Waals surface area contributed by atoms with Crippen LogP contribution in [0.25, 0.3) is 0 Å². The lowest BCUT2D eigenvalue weighted by Gasteiger charge is -2.22. The first-order chi connectivity index (χ1) is 8.79. The number of aromatic nitrogens is 2. The SMILES string of the molecule is CCCOc1cncc(N(C)CC2CCCN2)n1. The molecule has 0 radical (unpaired) electrons. The molecule has 1 aliphatic rings. The maximum absolute atomic E-state index is 5.50. The highest BCUT2D eigenvalue weighted by atomic mass is 16.5. The van der Waals surface area contributed by atoms with Gasteiger partial charge in [0.1, 0.15) is 0 Å². The molecule has 0 aromatic carbocycles. The molecule has 0 bridgehead atoms. The monoisotopic (exact) mass is 250 g/mol. The Hall–Kier alpha value is -1.36. The molecule has 5 nitrogen and oxygen atoms in total. The summed E-state index contributed by atoms with van der Waals surface area (Å²) in [5.41, 5.74) is 0.